The van der Waals surface area contributed by atoms with E-state index in [0.29, 0.717) is 31.9 Å². The van der Waals surface area contributed by atoms with Crippen LogP contribution in [0.2, 0.25) is 0 Å². The Kier molecular flexibility index (Phi) is 5.42. The van der Waals surface area contributed by atoms with Gasteiger partial charge in [-0.3, -0.25) is 10.1 Å². The molecule has 3 heterocycles. The number of piperazine rings is 1. The van der Waals surface area contributed by atoms with E-state index >= 15 is 0 Å². The second kappa shape index (κ2) is 8.32. The Labute approximate surface area is 174 Å². The zero-order chi connectivity index (χ0) is 21.1. The number of ether oxygens (including phenoxy) is 1. The highest BCUT2D eigenvalue weighted by molar-refractivity contribution is 5.64. The maximum Gasteiger partial charge on any atom is 0.373 e. The molecule has 0 N–H and O–H groups in total. The summed E-state index contributed by atoms with van der Waals surface area (Å²) >= 11 is 0. The van der Waals surface area contributed by atoms with Crippen LogP contribution in [0.25, 0.3) is 0 Å². The van der Waals surface area contributed by atoms with Crippen LogP contribution in [-0.4, -0.2) is 46.1 Å². The van der Waals surface area contributed by atoms with Crippen LogP contribution in [-0.2, 0) is 0 Å². The maximum absolute atomic E-state index is 11.9. The van der Waals surface area contributed by atoms with Crippen molar-refractivity contribution in [2.75, 3.05) is 36.0 Å². The van der Waals surface area contributed by atoms with E-state index in [2.05, 4.69) is 19.9 Å². The van der Waals surface area contributed by atoms with E-state index in [1.54, 1.807) is 12.3 Å². The van der Waals surface area contributed by atoms with Gasteiger partial charge in [-0.2, -0.15) is 4.98 Å². The van der Waals surface area contributed by atoms with Crippen molar-refractivity contribution in [2.45, 2.75) is 13.8 Å². The first-order chi connectivity index (χ1) is 14.5. The Morgan fingerprint density at radius 2 is 1.73 bits per heavy atom. The number of benzene rings is 1. The standard InChI is InChI=1S/C21H22N6O3/c1-15-6-7-17(13-16(15)2)30-21-19(27(28)29)20(23-14-24-21)26-11-9-25(10-12-26)18-5-3-4-8-22-18/h3-8,13-14H,9-12H2,1-2H3. The summed E-state index contributed by atoms with van der Waals surface area (Å²) in [5, 5.41) is 11.9. The molecule has 1 fully saturated rings. The van der Waals surface area contributed by atoms with Gasteiger partial charge in [0.15, 0.2) is 0 Å². The molecular weight excluding hydrogens is 384 g/mol. The molecule has 0 radical (unpaired) electrons. The zero-order valence-corrected chi connectivity index (χ0v) is 16.9. The van der Waals surface area contributed by atoms with Crippen LogP contribution < -0.4 is 14.5 Å². The van der Waals surface area contributed by atoms with Gasteiger partial charge in [0.25, 0.3) is 0 Å². The molecule has 0 unspecified atom stereocenters. The van der Waals surface area contributed by atoms with E-state index in [-0.39, 0.29) is 17.4 Å². The fourth-order valence-corrected chi connectivity index (χ4v) is 3.40. The van der Waals surface area contributed by atoms with Crippen LogP contribution in [0, 0.1) is 24.0 Å². The summed E-state index contributed by atoms with van der Waals surface area (Å²) in [7, 11) is 0. The molecular formula is C21H22N6O3. The summed E-state index contributed by atoms with van der Waals surface area (Å²) in [6.07, 6.45) is 3.07. The highest BCUT2D eigenvalue weighted by Crippen LogP contribution is 2.36. The number of pyridine rings is 1. The molecule has 0 amide bonds. The topological polar surface area (TPSA) is 97.5 Å². The van der Waals surface area contributed by atoms with Crippen molar-refractivity contribution in [3.8, 4) is 11.6 Å². The molecule has 9 nitrogen and oxygen atoms in total. The maximum atomic E-state index is 11.9. The normalized spacial score (nSPS) is 13.9. The fraction of sp³-hybridized carbons (Fsp3) is 0.286. The van der Waals surface area contributed by atoms with Gasteiger partial charge in [0.05, 0.1) is 4.92 Å². The van der Waals surface area contributed by atoms with Crippen molar-refractivity contribution >= 4 is 17.3 Å². The van der Waals surface area contributed by atoms with Crippen molar-refractivity contribution in [3.05, 3.63) is 70.2 Å². The monoisotopic (exact) mass is 406 g/mol. The molecule has 0 spiro atoms. The molecule has 9 heteroatoms. The van der Waals surface area contributed by atoms with E-state index in [4.69, 9.17) is 4.74 Å². The van der Waals surface area contributed by atoms with E-state index in [1.165, 1.54) is 6.33 Å². The summed E-state index contributed by atoms with van der Waals surface area (Å²) in [6.45, 7) is 6.49. The molecule has 154 valence electrons. The van der Waals surface area contributed by atoms with E-state index < -0.39 is 4.92 Å². The SMILES string of the molecule is Cc1ccc(Oc2ncnc(N3CCN(c4ccccn4)CC3)c2[N+](=O)[O-])cc1C. The number of nitro groups is 1. The van der Waals surface area contributed by atoms with Gasteiger partial charge < -0.3 is 14.5 Å². The average molecular weight is 406 g/mol. The molecule has 4 rings (SSSR count). The van der Waals surface area contributed by atoms with Crippen LogP contribution >= 0.6 is 0 Å². The number of hydrogen-bond donors (Lipinski definition) is 0. The van der Waals surface area contributed by atoms with Gasteiger partial charge >= 0.3 is 11.6 Å². The van der Waals surface area contributed by atoms with Gasteiger partial charge in [0.2, 0.25) is 5.82 Å². The molecule has 1 saturated heterocycles. The smallest absolute Gasteiger partial charge is 0.373 e. The van der Waals surface area contributed by atoms with Gasteiger partial charge in [-0.25, -0.2) is 9.97 Å². The quantitative estimate of drug-likeness (QED) is 0.469. The van der Waals surface area contributed by atoms with E-state index in [0.717, 1.165) is 16.9 Å². The lowest BCUT2D eigenvalue weighted by molar-refractivity contribution is -0.385. The largest absolute Gasteiger partial charge is 0.434 e. The molecule has 0 atom stereocenters. The second-order valence-electron chi connectivity index (χ2n) is 7.12. The summed E-state index contributed by atoms with van der Waals surface area (Å²) in [5.74, 6) is 1.62. The van der Waals surface area contributed by atoms with Crippen LogP contribution in [0.4, 0.5) is 17.3 Å². The molecule has 0 saturated carbocycles. The lowest BCUT2D eigenvalue weighted by Crippen LogP contribution is -2.47. The average Bonchev–Trinajstić information content (AvgIpc) is 2.77. The van der Waals surface area contributed by atoms with Crippen molar-refractivity contribution in [3.63, 3.8) is 0 Å². The third-order valence-electron chi connectivity index (χ3n) is 5.20. The third kappa shape index (κ3) is 4.00. The number of anilines is 2. The number of rotatable bonds is 5. The summed E-state index contributed by atoms with van der Waals surface area (Å²) in [5.41, 5.74) is 1.93. The molecule has 3 aromatic rings. The first-order valence-corrected chi connectivity index (χ1v) is 9.68. The number of aromatic nitrogens is 3. The van der Waals surface area contributed by atoms with Crippen LogP contribution in [0.15, 0.2) is 48.9 Å². The van der Waals surface area contributed by atoms with Crippen molar-refractivity contribution < 1.29 is 9.66 Å². The lowest BCUT2D eigenvalue weighted by atomic mass is 10.1. The third-order valence-corrected chi connectivity index (χ3v) is 5.20. The van der Waals surface area contributed by atoms with Crippen molar-refractivity contribution in [2.24, 2.45) is 0 Å². The summed E-state index contributed by atoms with van der Waals surface area (Å²) in [6, 6.07) is 11.3. The molecule has 0 bridgehead atoms. The van der Waals surface area contributed by atoms with E-state index in [1.807, 2.05) is 49.1 Å². The number of aryl methyl sites for hydroxylation is 2. The Morgan fingerprint density at radius 1 is 0.967 bits per heavy atom. The molecule has 30 heavy (non-hydrogen) atoms. The van der Waals surface area contributed by atoms with Gasteiger partial charge in [-0.1, -0.05) is 12.1 Å². The predicted molar refractivity (Wildman–Crippen MR) is 113 cm³/mol. The van der Waals surface area contributed by atoms with E-state index in [9.17, 15) is 10.1 Å². The highest BCUT2D eigenvalue weighted by atomic mass is 16.6. The number of nitrogens with zero attached hydrogens (tertiary/aromatic N) is 6. The Balaban J connectivity index is 1.57. The number of hydrogen-bond acceptors (Lipinski definition) is 8. The molecule has 2 aromatic heterocycles. The predicted octanol–water partition coefficient (Wildman–Crippen LogP) is 3.52. The molecule has 0 aliphatic carbocycles. The highest BCUT2D eigenvalue weighted by Gasteiger charge is 2.30. The van der Waals surface area contributed by atoms with Gasteiger partial charge in [0, 0.05) is 32.4 Å². The van der Waals surface area contributed by atoms with Gasteiger partial charge in [-0.05, 0) is 49.2 Å². The minimum Gasteiger partial charge on any atom is -0.434 e. The fourth-order valence-electron chi connectivity index (χ4n) is 3.40. The Morgan fingerprint density at radius 3 is 2.40 bits per heavy atom. The molecule has 1 aromatic carbocycles. The van der Waals surface area contributed by atoms with Crippen molar-refractivity contribution in [1.29, 1.82) is 0 Å². The Bertz CT molecular complexity index is 1050. The summed E-state index contributed by atoms with van der Waals surface area (Å²) < 4.78 is 5.79. The molecule has 1 aliphatic rings. The zero-order valence-electron chi connectivity index (χ0n) is 16.9. The lowest BCUT2D eigenvalue weighted by Gasteiger charge is -2.35. The van der Waals surface area contributed by atoms with Gasteiger partial charge in [0.1, 0.15) is 17.9 Å². The first-order valence-electron chi connectivity index (χ1n) is 9.68. The minimum absolute atomic E-state index is 0.0552. The minimum atomic E-state index is -0.475. The van der Waals surface area contributed by atoms with Crippen LogP contribution in [0.3, 0.4) is 0 Å². The van der Waals surface area contributed by atoms with Crippen LogP contribution in [0.5, 0.6) is 11.6 Å². The molecule has 1 aliphatic heterocycles. The first kappa shape index (κ1) is 19.6. The van der Waals surface area contributed by atoms with Crippen LogP contribution in [0.1, 0.15) is 11.1 Å². The Hall–Kier alpha value is -3.75. The van der Waals surface area contributed by atoms with Gasteiger partial charge in [-0.15, -0.1) is 0 Å². The van der Waals surface area contributed by atoms with Crippen molar-refractivity contribution in [1.82, 2.24) is 15.0 Å². The summed E-state index contributed by atoms with van der Waals surface area (Å²) in [4.78, 5) is 28.1. The second-order valence-corrected chi connectivity index (χ2v) is 7.12.